The number of aliphatic hydroxyl groups is 1. The van der Waals surface area contributed by atoms with Gasteiger partial charge in [0.2, 0.25) is 5.91 Å². The van der Waals surface area contributed by atoms with Crippen LogP contribution in [0.1, 0.15) is 47.9 Å². The van der Waals surface area contributed by atoms with Crippen LogP contribution >= 0.6 is 34.0 Å². The van der Waals surface area contributed by atoms with Gasteiger partial charge < -0.3 is 58.6 Å². The molecule has 15 rings (SSSR count). The Bertz CT molecular complexity index is 5950. The second-order valence-electron chi connectivity index (χ2n) is 26.5. The number of nitrogen functional groups attached to an aromatic ring is 1. The van der Waals surface area contributed by atoms with E-state index in [1.807, 2.05) is 113 Å². The van der Waals surface area contributed by atoms with E-state index in [1.165, 1.54) is 53.0 Å². The minimum Gasteiger partial charge on any atom is -0.481 e. The van der Waals surface area contributed by atoms with Crippen molar-refractivity contribution in [2.45, 2.75) is 71.0 Å². The smallest absolute Gasteiger partial charge is 0.312 e. The molecule has 1 aliphatic rings. The summed E-state index contributed by atoms with van der Waals surface area (Å²) in [7, 11) is 3.33. The van der Waals surface area contributed by atoms with E-state index in [0.717, 1.165) is 80.0 Å². The van der Waals surface area contributed by atoms with Crippen LogP contribution in [0.4, 0.5) is 24.5 Å². The van der Waals surface area contributed by atoms with E-state index in [9.17, 15) is 41.9 Å². The SMILES string of the molecule is COCCn1cnc(-c2cc3c(s2)=C(Oc2ccc(N)cc2F)CCN=3)c1.COCCn1cnc(-c2cc3nccc(Oc4ccc(CC(=O)CC(=O)Cc5ccccc5)cc4F)c3s2)c1.O=C(CC(=O)Cc1ccc(Oc2ccnc3cc(-c4cn(CCO)cn4)sc23)c(F)c1)Cc1ccccc1.O=C(O)CC(=O)Nc1ccccc1. The number of carbonyl (C=O) groups is 6. The minimum absolute atomic E-state index is 0.0205. The quantitative estimate of drug-likeness (QED) is 0.0225. The zero-order valence-electron chi connectivity index (χ0n) is 63.3. The molecule has 14 aromatic rings. The minimum atomic E-state index is -1.13. The van der Waals surface area contributed by atoms with Gasteiger partial charge in [0.15, 0.2) is 34.7 Å². The molecular weight excluding hydrogens is 1560 g/mol. The Morgan fingerprint density at radius 2 is 0.915 bits per heavy atom. The molecule has 6 aromatic carbocycles. The lowest BCUT2D eigenvalue weighted by atomic mass is 10.0. The van der Waals surface area contributed by atoms with Gasteiger partial charge in [-0.3, -0.25) is 43.7 Å². The number of ether oxygens (including phenoxy) is 5. The number of para-hydroxylation sites is 1. The molecule has 30 heteroatoms. The first-order valence-corrected chi connectivity index (χ1v) is 39.2. The average molecular weight is 1640 g/mol. The maximum atomic E-state index is 15.0. The predicted molar refractivity (Wildman–Crippen MR) is 440 cm³/mol. The maximum Gasteiger partial charge on any atom is 0.312 e. The molecule has 5 N–H and O–H groups in total. The number of carboxylic acids is 1. The van der Waals surface area contributed by atoms with E-state index in [2.05, 4.69) is 35.2 Å². The second kappa shape index (κ2) is 40.9. The number of halogens is 3. The Balaban J connectivity index is 0.000000152. The number of nitrogens with two attached hydrogens (primary N) is 1. The molecule has 0 saturated carbocycles. The largest absolute Gasteiger partial charge is 0.481 e. The van der Waals surface area contributed by atoms with Crippen molar-refractivity contribution in [1.29, 1.82) is 0 Å². The van der Waals surface area contributed by atoms with Crippen LogP contribution in [-0.4, -0.2) is 124 Å². The van der Waals surface area contributed by atoms with Gasteiger partial charge in [-0.15, -0.1) is 34.0 Å². The fourth-order valence-corrected chi connectivity index (χ4v) is 15.1. The third-order valence-electron chi connectivity index (χ3n) is 17.5. The van der Waals surface area contributed by atoms with Crippen molar-refractivity contribution in [3.8, 4) is 60.5 Å². The van der Waals surface area contributed by atoms with E-state index in [4.69, 9.17) is 39.6 Å². The first-order chi connectivity index (χ1) is 56.8. The Hall–Kier alpha value is -13.0. The number of nitrogens with one attached hydrogen (secondary N) is 1. The summed E-state index contributed by atoms with van der Waals surface area (Å²) < 4.78 is 80.1. The summed E-state index contributed by atoms with van der Waals surface area (Å²) in [6, 6.07) is 49.7. The van der Waals surface area contributed by atoms with Crippen molar-refractivity contribution in [3.63, 3.8) is 0 Å². The number of nitrogens with zero attached hydrogens (tertiary/aromatic N) is 9. The van der Waals surface area contributed by atoms with Crippen LogP contribution in [0.15, 0.2) is 231 Å². The monoisotopic (exact) mass is 1640 g/mol. The number of pyridine rings is 2. The Morgan fingerprint density at radius 3 is 1.37 bits per heavy atom. The molecule has 0 saturated heterocycles. The number of methoxy groups -OCH3 is 2. The van der Waals surface area contributed by atoms with Gasteiger partial charge >= 0.3 is 5.97 Å². The predicted octanol–water partition coefficient (Wildman–Crippen LogP) is 14.7. The number of ketones is 4. The van der Waals surface area contributed by atoms with Crippen LogP contribution in [0.5, 0.6) is 28.7 Å². The van der Waals surface area contributed by atoms with Crippen molar-refractivity contribution in [2.75, 3.05) is 51.6 Å². The molecule has 0 bridgehead atoms. The fourth-order valence-electron chi connectivity index (χ4n) is 12.0. The van der Waals surface area contributed by atoms with Crippen LogP contribution in [0, 0.1) is 17.5 Å². The molecule has 0 aliphatic carbocycles. The van der Waals surface area contributed by atoms with Crippen LogP contribution in [0.3, 0.4) is 0 Å². The Morgan fingerprint density at radius 1 is 0.479 bits per heavy atom. The number of hydrogen-bond donors (Lipinski definition) is 4. The van der Waals surface area contributed by atoms with Gasteiger partial charge in [-0.1, -0.05) is 91.0 Å². The number of aromatic nitrogens is 8. The zero-order valence-corrected chi connectivity index (χ0v) is 65.8. The van der Waals surface area contributed by atoms with Gasteiger partial charge in [0.25, 0.3) is 0 Å². The Kier molecular flexibility index (Phi) is 29.1. The normalized spacial score (nSPS) is 11.4. The molecule has 0 atom stereocenters. The summed E-state index contributed by atoms with van der Waals surface area (Å²) in [4.78, 5) is 99.9. The lowest BCUT2D eigenvalue weighted by molar-refractivity contribution is -0.139. The van der Waals surface area contributed by atoms with E-state index < -0.39 is 35.7 Å². The number of anilines is 2. The van der Waals surface area contributed by atoms with Crippen molar-refractivity contribution in [3.05, 3.63) is 275 Å². The maximum absolute atomic E-state index is 15.0. The summed E-state index contributed by atoms with van der Waals surface area (Å²) in [6.07, 6.45) is 14.3. The highest BCUT2D eigenvalue weighted by molar-refractivity contribution is 7.23. The number of carboxylic acid groups (broad SMARTS) is 1. The number of Topliss-reactive ketones (excluding diaryl/α,β-unsaturated/α-hetero) is 4. The number of aliphatic hydroxyl groups excluding tert-OH is 1. The van der Waals surface area contributed by atoms with E-state index in [0.29, 0.717) is 78.8 Å². The fraction of sp³-hybridized carbons (Fsp3) is 0.195. The van der Waals surface area contributed by atoms with Crippen molar-refractivity contribution in [2.24, 2.45) is 4.99 Å². The number of fused-ring (bicyclic) bond motifs is 3. The molecule has 9 heterocycles. The molecule has 117 heavy (non-hydrogen) atoms. The Labute approximate surface area is 680 Å². The van der Waals surface area contributed by atoms with Crippen LogP contribution in [0.2, 0.25) is 0 Å². The molecule has 0 fully saturated rings. The van der Waals surface area contributed by atoms with Crippen molar-refractivity contribution < 1.29 is 75.8 Å². The molecule has 1 amide bonds. The number of carbonyl (C=O) groups excluding carboxylic acids is 5. The van der Waals surface area contributed by atoms with Gasteiger partial charge in [0.1, 0.15) is 46.8 Å². The first kappa shape index (κ1) is 83.5. The third-order valence-corrected chi connectivity index (χ3v) is 21.0. The highest BCUT2D eigenvalue weighted by Crippen LogP contribution is 2.41. The zero-order chi connectivity index (χ0) is 82.2. The van der Waals surface area contributed by atoms with E-state index >= 15 is 0 Å². The van der Waals surface area contributed by atoms with Gasteiger partial charge in [0.05, 0.1) is 114 Å². The van der Waals surface area contributed by atoms with Crippen LogP contribution in [0.25, 0.3) is 57.9 Å². The second-order valence-corrected chi connectivity index (χ2v) is 29.7. The summed E-state index contributed by atoms with van der Waals surface area (Å²) >= 11 is 4.44. The molecule has 8 aromatic heterocycles. The molecule has 1 aliphatic heterocycles. The van der Waals surface area contributed by atoms with Crippen LogP contribution in [-0.2, 0) is 83.6 Å². The van der Waals surface area contributed by atoms with Crippen LogP contribution < -0.4 is 35.2 Å². The summed E-state index contributed by atoms with van der Waals surface area (Å²) in [5.41, 5.74) is 13.1. The number of aliphatic carboxylic acids is 1. The number of imidazole rings is 3. The molecular formula is C87H78F3N11O13S3. The van der Waals surface area contributed by atoms with Gasteiger partial charge in [-0.25, -0.2) is 28.1 Å². The van der Waals surface area contributed by atoms with E-state index in [-0.39, 0.29) is 85.5 Å². The topological polar surface area (TPSA) is 319 Å². The lowest BCUT2D eigenvalue weighted by Crippen LogP contribution is -2.28. The van der Waals surface area contributed by atoms with Gasteiger partial charge in [-0.05, 0) is 89.0 Å². The highest BCUT2D eigenvalue weighted by atomic mass is 32.1. The number of rotatable bonds is 32. The summed E-state index contributed by atoms with van der Waals surface area (Å²) in [5, 5.41) is 20.7. The molecule has 24 nitrogen and oxygen atoms in total. The summed E-state index contributed by atoms with van der Waals surface area (Å²) in [6.45, 7) is 3.75. The molecule has 0 spiro atoms. The van der Waals surface area contributed by atoms with Gasteiger partial charge in [-0.2, -0.15) is 0 Å². The van der Waals surface area contributed by atoms with Gasteiger partial charge in [0, 0.05) is 133 Å². The molecule has 0 radical (unpaired) electrons. The number of hydrogen-bond acceptors (Lipinski definition) is 22. The first-order valence-electron chi connectivity index (χ1n) is 36.8. The average Bonchev–Trinajstić information content (AvgIpc) is 1.65. The van der Waals surface area contributed by atoms with Crippen molar-refractivity contribution >= 4 is 107 Å². The highest BCUT2D eigenvalue weighted by Gasteiger charge is 2.22. The lowest BCUT2D eigenvalue weighted by Gasteiger charge is -2.11. The molecule has 0 unspecified atom stereocenters. The number of benzene rings is 6. The van der Waals surface area contributed by atoms with E-state index in [1.54, 1.807) is 122 Å². The standard InChI is InChI=1S/C30H26FN3O4S.C29H24FN3O4S.C19H19FN4O2S.C9H9NO3/c1-37-12-11-34-18-26(33-19-34)29-17-25-30(39-29)28(9-10-32-25)38-27-8-7-21(15-24(27)31)14-23(36)16-22(35)13-20-5-3-2-4-6-20;30-23-14-20(13-22(36)15-21(35)12-19-4-2-1-3-5-19)6-7-26(23)37-27-8-9-31-24-16-28(38-29(24)27)25-17-33(10-11-34)18-32-25;1-25-7-6-24-10-15(23-11-24)18-9-14-19(27-18)17(4-5-22-14)26-16-3-2-12(21)8-13(16)20;11-8(6-9(12)13)10-7-4-2-1-3-5-7/h2-10,15,17-19H,11-14,16H2,1H3;1-9,14,16-18,34H,10-13,15H2;2-3,8-11H,4-7,21H2,1H3;1-5H,6H2,(H,10,11)(H,12,13). The molecule has 598 valence electrons. The number of amides is 1. The third kappa shape index (κ3) is 23.8. The summed E-state index contributed by atoms with van der Waals surface area (Å²) in [5.74, 6) is -2.27. The van der Waals surface area contributed by atoms with Crippen molar-refractivity contribution in [1.82, 2.24) is 38.6 Å². The number of thiophene rings is 3.